The van der Waals surface area contributed by atoms with Crippen LogP contribution in [0.5, 0.6) is 0 Å². The van der Waals surface area contributed by atoms with E-state index in [2.05, 4.69) is 6.92 Å². The molecule has 0 N–H and O–H groups in total. The number of carbonyl (C=O) groups excluding carboxylic acids is 1. The van der Waals surface area contributed by atoms with Gasteiger partial charge in [-0.15, -0.1) is 0 Å². The van der Waals surface area contributed by atoms with Crippen molar-refractivity contribution in [1.29, 1.82) is 0 Å². The Morgan fingerprint density at radius 2 is 2.15 bits per heavy atom. The van der Waals surface area contributed by atoms with E-state index in [0.717, 1.165) is 31.8 Å². The maximum atomic E-state index is 11.3. The van der Waals surface area contributed by atoms with Gasteiger partial charge in [-0.05, 0) is 18.8 Å². The molecule has 13 heavy (non-hydrogen) atoms. The maximum absolute atomic E-state index is 11.3. The molecule has 1 saturated heterocycles. The van der Waals surface area contributed by atoms with Crippen molar-refractivity contribution in [2.24, 2.45) is 5.92 Å². The van der Waals surface area contributed by atoms with Crippen molar-refractivity contribution in [1.82, 2.24) is 4.90 Å². The maximum Gasteiger partial charge on any atom is 0.409 e. The molecule has 1 amide bonds. The Morgan fingerprint density at radius 3 is 2.69 bits per heavy atom. The SMILES string of the molecule is [B]CCOC(=O)N1CCC(C)CC1. The van der Waals surface area contributed by atoms with Crippen LogP contribution < -0.4 is 0 Å². The van der Waals surface area contributed by atoms with Crippen molar-refractivity contribution >= 4 is 13.9 Å². The summed E-state index contributed by atoms with van der Waals surface area (Å²) in [4.78, 5) is 13.1. The number of carbonyl (C=O) groups is 1. The van der Waals surface area contributed by atoms with Gasteiger partial charge in [-0.2, -0.15) is 0 Å². The number of nitrogens with zero attached hydrogens (tertiary/aromatic N) is 1. The van der Waals surface area contributed by atoms with Crippen LogP contribution in [0.25, 0.3) is 0 Å². The number of likely N-dealkylation sites (tertiary alicyclic amines) is 1. The summed E-state index contributed by atoms with van der Waals surface area (Å²) in [5.74, 6) is 0.735. The lowest BCUT2D eigenvalue weighted by Gasteiger charge is -2.29. The fourth-order valence-corrected chi connectivity index (χ4v) is 1.43. The minimum Gasteiger partial charge on any atom is -0.450 e. The van der Waals surface area contributed by atoms with Crippen LogP contribution in [0.1, 0.15) is 19.8 Å². The molecule has 1 aliphatic heterocycles. The zero-order valence-electron chi connectivity index (χ0n) is 8.16. The molecule has 1 fully saturated rings. The molecule has 0 aliphatic carbocycles. The van der Waals surface area contributed by atoms with Crippen LogP contribution in [0, 0.1) is 5.92 Å². The van der Waals surface area contributed by atoms with Gasteiger partial charge in [0.25, 0.3) is 0 Å². The Bertz CT molecular complexity index is 167. The number of ether oxygens (including phenoxy) is 1. The first-order chi connectivity index (χ1) is 6.24. The molecule has 3 nitrogen and oxygen atoms in total. The smallest absolute Gasteiger partial charge is 0.409 e. The van der Waals surface area contributed by atoms with Crippen molar-refractivity contribution in [2.45, 2.75) is 26.1 Å². The van der Waals surface area contributed by atoms with Crippen molar-refractivity contribution in [3.05, 3.63) is 0 Å². The average Bonchev–Trinajstić information content (AvgIpc) is 2.15. The highest BCUT2D eigenvalue weighted by molar-refractivity contribution is 6.08. The van der Waals surface area contributed by atoms with Gasteiger partial charge in [0.05, 0.1) is 14.5 Å². The van der Waals surface area contributed by atoms with Crippen molar-refractivity contribution in [2.75, 3.05) is 19.7 Å². The molecule has 4 heteroatoms. The molecule has 0 atom stereocenters. The molecule has 0 aromatic carbocycles. The lowest BCUT2D eigenvalue weighted by molar-refractivity contribution is 0.0935. The third kappa shape index (κ3) is 3.29. The van der Waals surface area contributed by atoms with Gasteiger partial charge >= 0.3 is 6.09 Å². The van der Waals surface area contributed by atoms with E-state index in [1.807, 2.05) is 0 Å². The lowest BCUT2D eigenvalue weighted by Crippen LogP contribution is -2.38. The van der Waals surface area contributed by atoms with Gasteiger partial charge in [0.15, 0.2) is 0 Å². The number of rotatable bonds is 2. The molecular formula is C9H16BNO2. The molecule has 0 aromatic rings. The highest BCUT2D eigenvalue weighted by Gasteiger charge is 2.20. The summed E-state index contributed by atoms with van der Waals surface area (Å²) in [6.45, 7) is 4.18. The van der Waals surface area contributed by atoms with Crippen LogP contribution in [0.15, 0.2) is 0 Å². The number of piperidine rings is 1. The van der Waals surface area contributed by atoms with E-state index in [1.165, 1.54) is 0 Å². The first-order valence-corrected chi connectivity index (χ1v) is 4.86. The lowest BCUT2D eigenvalue weighted by atomic mass is 10.00. The average molecular weight is 181 g/mol. The van der Waals surface area contributed by atoms with E-state index in [0.29, 0.717) is 12.9 Å². The largest absolute Gasteiger partial charge is 0.450 e. The number of hydrogen-bond donors (Lipinski definition) is 0. The molecule has 0 saturated carbocycles. The van der Waals surface area contributed by atoms with E-state index in [-0.39, 0.29) is 6.09 Å². The minimum absolute atomic E-state index is 0.211. The van der Waals surface area contributed by atoms with Gasteiger partial charge in [-0.1, -0.05) is 13.2 Å². The van der Waals surface area contributed by atoms with Gasteiger partial charge in [0, 0.05) is 13.1 Å². The first kappa shape index (κ1) is 10.4. The molecule has 0 aromatic heterocycles. The molecule has 72 valence electrons. The van der Waals surface area contributed by atoms with E-state index < -0.39 is 0 Å². The third-order valence-corrected chi connectivity index (χ3v) is 2.39. The zero-order chi connectivity index (χ0) is 9.68. The Morgan fingerprint density at radius 1 is 1.54 bits per heavy atom. The summed E-state index contributed by atoms with van der Waals surface area (Å²) in [6.07, 6.45) is 2.35. The summed E-state index contributed by atoms with van der Waals surface area (Å²) >= 11 is 0. The van der Waals surface area contributed by atoms with E-state index in [1.54, 1.807) is 4.90 Å². The van der Waals surface area contributed by atoms with Gasteiger partial charge in [0.2, 0.25) is 0 Å². The van der Waals surface area contributed by atoms with Crippen molar-refractivity contribution in [3.8, 4) is 0 Å². The third-order valence-electron chi connectivity index (χ3n) is 2.39. The predicted octanol–water partition coefficient (Wildman–Crippen LogP) is 1.44. The Hall–Kier alpha value is -0.665. The normalized spacial score (nSPS) is 18.7. The summed E-state index contributed by atoms with van der Waals surface area (Å²) in [7, 11) is 5.23. The van der Waals surface area contributed by atoms with Gasteiger partial charge in [0.1, 0.15) is 0 Å². The van der Waals surface area contributed by atoms with E-state index in [4.69, 9.17) is 12.6 Å². The summed E-state index contributed by atoms with van der Waals surface area (Å²) < 4.78 is 4.93. The second-order valence-electron chi connectivity index (χ2n) is 3.57. The molecule has 1 aliphatic rings. The summed E-state index contributed by atoms with van der Waals surface area (Å²) in [5.41, 5.74) is 0. The second kappa shape index (κ2) is 5.15. The predicted molar refractivity (Wildman–Crippen MR) is 51.9 cm³/mol. The molecule has 0 unspecified atom stereocenters. The fraction of sp³-hybridized carbons (Fsp3) is 0.889. The second-order valence-corrected chi connectivity index (χ2v) is 3.57. The van der Waals surface area contributed by atoms with Crippen LogP contribution in [0.3, 0.4) is 0 Å². The van der Waals surface area contributed by atoms with E-state index >= 15 is 0 Å². The monoisotopic (exact) mass is 181 g/mol. The Labute approximate surface area is 80.8 Å². The van der Waals surface area contributed by atoms with Crippen LogP contribution in [-0.4, -0.2) is 38.5 Å². The molecular weight excluding hydrogens is 165 g/mol. The van der Waals surface area contributed by atoms with Crippen molar-refractivity contribution < 1.29 is 9.53 Å². The summed E-state index contributed by atoms with van der Waals surface area (Å²) in [5, 5.41) is 0. The first-order valence-electron chi connectivity index (χ1n) is 4.86. The van der Waals surface area contributed by atoms with Gasteiger partial charge in [-0.3, -0.25) is 0 Å². The standard InChI is InChI=1S/C9H16BNO2/c1-8-2-5-11(6-3-8)9(12)13-7-4-10/h8H,2-7H2,1H3. The summed E-state index contributed by atoms with van der Waals surface area (Å²) in [6, 6.07) is 0. The van der Waals surface area contributed by atoms with Crippen LogP contribution in [0.2, 0.25) is 6.32 Å². The fourth-order valence-electron chi connectivity index (χ4n) is 1.43. The zero-order valence-corrected chi connectivity index (χ0v) is 8.16. The highest BCUT2D eigenvalue weighted by Crippen LogP contribution is 2.16. The topological polar surface area (TPSA) is 29.5 Å². The van der Waals surface area contributed by atoms with Crippen LogP contribution >= 0.6 is 0 Å². The van der Waals surface area contributed by atoms with Gasteiger partial charge in [-0.25, -0.2) is 4.79 Å². The van der Waals surface area contributed by atoms with Crippen LogP contribution in [0.4, 0.5) is 4.79 Å². The van der Waals surface area contributed by atoms with Crippen LogP contribution in [-0.2, 0) is 4.74 Å². The number of hydrogen-bond acceptors (Lipinski definition) is 2. The van der Waals surface area contributed by atoms with E-state index in [9.17, 15) is 4.79 Å². The molecule has 0 bridgehead atoms. The Kier molecular flexibility index (Phi) is 4.13. The highest BCUT2D eigenvalue weighted by atomic mass is 16.6. The quantitative estimate of drug-likeness (QED) is 0.603. The van der Waals surface area contributed by atoms with Crippen molar-refractivity contribution in [3.63, 3.8) is 0 Å². The molecule has 0 spiro atoms. The Balaban J connectivity index is 2.23. The molecule has 2 radical (unpaired) electrons. The number of amides is 1. The minimum atomic E-state index is -0.211. The molecule has 1 rings (SSSR count). The molecule has 1 heterocycles. The van der Waals surface area contributed by atoms with Gasteiger partial charge < -0.3 is 9.64 Å².